The molecule has 2 N–H and O–H groups in total. The maximum atomic E-state index is 12.6. The van der Waals surface area contributed by atoms with Crippen molar-refractivity contribution in [1.82, 2.24) is 10.1 Å². The normalized spacial score (nSPS) is 10.4. The Labute approximate surface area is 149 Å². The van der Waals surface area contributed by atoms with E-state index >= 15 is 0 Å². The molecule has 2 amide bonds. The van der Waals surface area contributed by atoms with Crippen molar-refractivity contribution in [1.29, 1.82) is 0 Å². The van der Waals surface area contributed by atoms with Crippen LogP contribution in [0.15, 0.2) is 22.7 Å². The highest BCUT2D eigenvalue weighted by Gasteiger charge is 2.19. The van der Waals surface area contributed by atoms with E-state index in [1.54, 1.807) is 20.0 Å². The maximum absolute atomic E-state index is 12.6. The Morgan fingerprint density at radius 2 is 2.08 bits per heavy atom. The molecule has 25 heavy (non-hydrogen) atoms. The van der Waals surface area contributed by atoms with Gasteiger partial charge in [0.2, 0.25) is 0 Å². The van der Waals surface area contributed by atoms with E-state index in [2.05, 4.69) is 5.16 Å². The summed E-state index contributed by atoms with van der Waals surface area (Å²) in [4.78, 5) is 24.9. The molecule has 0 aliphatic carbocycles. The Balaban J connectivity index is 2.21. The van der Waals surface area contributed by atoms with Crippen molar-refractivity contribution in [3.63, 3.8) is 0 Å². The first-order chi connectivity index (χ1) is 11.8. The molecule has 0 fully saturated rings. The lowest BCUT2D eigenvalue weighted by atomic mass is 10.1. The van der Waals surface area contributed by atoms with E-state index in [0.717, 1.165) is 0 Å². The van der Waals surface area contributed by atoms with Crippen LogP contribution in [0.5, 0.6) is 11.5 Å². The second-order valence-corrected chi connectivity index (χ2v) is 5.74. The largest absolute Gasteiger partial charge is 0.493 e. The van der Waals surface area contributed by atoms with Gasteiger partial charge in [-0.2, -0.15) is 0 Å². The third kappa shape index (κ3) is 4.63. The van der Waals surface area contributed by atoms with Crippen molar-refractivity contribution < 1.29 is 23.6 Å². The molecular formula is C16H18ClN3O5. The summed E-state index contributed by atoms with van der Waals surface area (Å²) < 4.78 is 15.4. The van der Waals surface area contributed by atoms with Crippen molar-refractivity contribution in [3.8, 4) is 11.5 Å². The van der Waals surface area contributed by atoms with Crippen LogP contribution >= 0.6 is 11.6 Å². The summed E-state index contributed by atoms with van der Waals surface area (Å²) in [5, 5.41) is 3.99. The zero-order valence-electron chi connectivity index (χ0n) is 14.0. The van der Waals surface area contributed by atoms with Crippen LogP contribution in [0.3, 0.4) is 0 Å². The van der Waals surface area contributed by atoms with Gasteiger partial charge in [-0.1, -0.05) is 16.8 Å². The third-order valence-electron chi connectivity index (χ3n) is 3.26. The summed E-state index contributed by atoms with van der Waals surface area (Å²) in [7, 11) is 3.03. The van der Waals surface area contributed by atoms with Crippen LogP contribution in [0.25, 0.3) is 0 Å². The zero-order chi connectivity index (χ0) is 18.6. The number of methoxy groups -OCH3 is 1. The molecule has 0 unspecified atom stereocenters. The smallest absolute Gasteiger partial charge is 0.255 e. The number of benzene rings is 1. The van der Waals surface area contributed by atoms with Gasteiger partial charge in [-0.15, -0.1) is 0 Å². The number of ether oxygens (including phenoxy) is 2. The number of halogens is 1. The summed E-state index contributed by atoms with van der Waals surface area (Å²) in [6.07, 6.45) is 0. The minimum absolute atomic E-state index is 0.134. The number of carbonyl (C=O) groups is 2. The minimum Gasteiger partial charge on any atom is -0.493 e. The summed E-state index contributed by atoms with van der Waals surface area (Å²) in [6.45, 7) is 1.69. The number of primary amides is 1. The van der Waals surface area contributed by atoms with Gasteiger partial charge in [0.15, 0.2) is 18.1 Å². The molecule has 8 nitrogen and oxygen atoms in total. The molecule has 1 heterocycles. The Hall–Kier alpha value is -2.74. The van der Waals surface area contributed by atoms with E-state index < -0.39 is 5.91 Å². The number of hydrogen-bond donors (Lipinski definition) is 1. The number of rotatable bonds is 7. The first-order valence-corrected chi connectivity index (χ1v) is 7.66. The molecule has 9 heteroatoms. The summed E-state index contributed by atoms with van der Waals surface area (Å²) >= 11 is 6.15. The standard InChI is InChI=1S/C16H18ClN3O5/c1-9-4-11(19-25-9)7-20(2)16(22)10-5-12(17)15(13(6-10)23-3)24-8-14(18)21/h4-6H,7-8H2,1-3H3,(H2,18,21). The fourth-order valence-electron chi connectivity index (χ4n) is 2.15. The van der Waals surface area contributed by atoms with Gasteiger partial charge >= 0.3 is 0 Å². The van der Waals surface area contributed by atoms with E-state index in [0.29, 0.717) is 17.0 Å². The predicted octanol–water partition coefficient (Wildman–Crippen LogP) is 1.78. The molecule has 2 aromatic rings. The first kappa shape index (κ1) is 18.6. The van der Waals surface area contributed by atoms with Crippen LogP contribution in [0, 0.1) is 6.92 Å². The van der Waals surface area contributed by atoms with Crippen LogP contribution in [0.4, 0.5) is 0 Å². The van der Waals surface area contributed by atoms with Crippen LogP contribution in [-0.2, 0) is 11.3 Å². The van der Waals surface area contributed by atoms with Crippen molar-refractivity contribution in [2.45, 2.75) is 13.5 Å². The van der Waals surface area contributed by atoms with Gasteiger partial charge in [0.05, 0.1) is 18.7 Å². The van der Waals surface area contributed by atoms with E-state index in [9.17, 15) is 9.59 Å². The predicted molar refractivity (Wildman–Crippen MR) is 89.7 cm³/mol. The molecule has 0 saturated carbocycles. The Morgan fingerprint density at radius 1 is 1.36 bits per heavy atom. The lowest BCUT2D eigenvalue weighted by molar-refractivity contribution is -0.119. The molecule has 0 spiro atoms. The highest BCUT2D eigenvalue weighted by molar-refractivity contribution is 6.32. The molecule has 2 rings (SSSR count). The van der Waals surface area contributed by atoms with Gasteiger partial charge in [0, 0.05) is 18.7 Å². The second-order valence-electron chi connectivity index (χ2n) is 5.33. The molecule has 134 valence electrons. The van der Waals surface area contributed by atoms with E-state index in [1.807, 2.05) is 0 Å². The number of nitrogens with two attached hydrogens (primary N) is 1. The number of amides is 2. The average molecular weight is 368 g/mol. The quantitative estimate of drug-likeness (QED) is 0.799. The number of nitrogens with zero attached hydrogens (tertiary/aromatic N) is 2. The Bertz CT molecular complexity index is 790. The fourth-order valence-corrected chi connectivity index (χ4v) is 2.42. The van der Waals surface area contributed by atoms with Gasteiger partial charge in [0.1, 0.15) is 11.5 Å². The zero-order valence-corrected chi connectivity index (χ0v) is 14.8. The molecule has 0 radical (unpaired) electrons. The lowest BCUT2D eigenvalue weighted by Crippen LogP contribution is -2.26. The van der Waals surface area contributed by atoms with E-state index in [1.165, 1.54) is 24.1 Å². The molecule has 0 aliphatic rings. The third-order valence-corrected chi connectivity index (χ3v) is 3.54. The molecule has 0 atom stereocenters. The molecule has 0 saturated heterocycles. The van der Waals surface area contributed by atoms with Crippen LogP contribution in [-0.4, -0.2) is 42.6 Å². The number of hydrogen-bond acceptors (Lipinski definition) is 6. The van der Waals surface area contributed by atoms with E-state index in [4.69, 9.17) is 31.3 Å². The van der Waals surface area contributed by atoms with Crippen LogP contribution in [0.1, 0.15) is 21.8 Å². The van der Waals surface area contributed by atoms with Crippen LogP contribution in [0.2, 0.25) is 5.02 Å². The van der Waals surface area contributed by atoms with Gasteiger partial charge < -0.3 is 24.6 Å². The summed E-state index contributed by atoms with van der Waals surface area (Å²) in [6, 6.07) is 4.67. The molecule has 1 aromatic heterocycles. The molecular weight excluding hydrogens is 350 g/mol. The van der Waals surface area contributed by atoms with E-state index in [-0.39, 0.29) is 35.6 Å². The fraction of sp³-hybridized carbons (Fsp3) is 0.312. The highest BCUT2D eigenvalue weighted by Crippen LogP contribution is 2.36. The lowest BCUT2D eigenvalue weighted by Gasteiger charge is -2.18. The minimum atomic E-state index is -0.652. The van der Waals surface area contributed by atoms with Crippen molar-refractivity contribution in [2.75, 3.05) is 20.8 Å². The number of carbonyl (C=O) groups excluding carboxylic acids is 2. The van der Waals surface area contributed by atoms with Gasteiger partial charge in [0.25, 0.3) is 11.8 Å². The monoisotopic (exact) mass is 367 g/mol. The SMILES string of the molecule is COc1cc(C(=O)N(C)Cc2cc(C)on2)cc(Cl)c1OCC(N)=O. The second kappa shape index (κ2) is 7.89. The molecule has 0 aliphatic heterocycles. The first-order valence-electron chi connectivity index (χ1n) is 7.28. The van der Waals surface area contributed by atoms with Gasteiger partial charge in [-0.3, -0.25) is 9.59 Å². The Morgan fingerprint density at radius 3 is 2.64 bits per heavy atom. The van der Waals surface area contributed by atoms with Crippen LogP contribution < -0.4 is 15.2 Å². The summed E-state index contributed by atoms with van der Waals surface area (Å²) in [5.41, 5.74) is 5.99. The number of aromatic nitrogens is 1. The maximum Gasteiger partial charge on any atom is 0.255 e. The molecule has 1 aromatic carbocycles. The number of aryl methyl sites for hydroxylation is 1. The highest BCUT2D eigenvalue weighted by atomic mass is 35.5. The average Bonchev–Trinajstić information content (AvgIpc) is 2.96. The van der Waals surface area contributed by atoms with Crippen molar-refractivity contribution in [2.24, 2.45) is 5.73 Å². The Kier molecular flexibility index (Phi) is 5.87. The van der Waals surface area contributed by atoms with Crippen molar-refractivity contribution in [3.05, 3.63) is 40.2 Å². The van der Waals surface area contributed by atoms with Gasteiger partial charge in [-0.05, 0) is 19.1 Å². The molecule has 0 bridgehead atoms. The van der Waals surface area contributed by atoms with Gasteiger partial charge in [-0.25, -0.2) is 0 Å². The summed E-state index contributed by atoms with van der Waals surface area (Å²) in [5.74, 6) is 0.0943. The van der Waals surface area contributed by atoms with Crippen molar-refractivity contribution >= 4 is 23.4 Å². The topological polar surface area (TPSA) is 108 Å².